The minimum absolute atomic E-state index is 0.0878. The van der Waals surface area contributed by atoms with Crippen LogP contribution in [0.2, 0.25) is 0 Å². The largest absolute Gasteiger partial charge is 0.377 e. The van der Waals surface area contributed by atoms with Crippen molar-refractivity contribution in [2.24, 2.45) is 5.73 Å². The van der Waals surface area contributed by atoms with Crippen LogP contribution in [0.5, 0.6) is 0 Å². The van der Waals surface area contributed by atoms with Gasteiger partial charge in [-0.25, -0.2) is 0 Å². The second-order valence-corrected chi connectivity index (χ2v) is 4.28. The molecule has 14 heavy (non-hydrogen) atoms. The first kappa shape index (κ1) is 10.3. The lowest BCUT2D eigenvalue weighted by molar-refractivity contribution is -0.0726. The number of aliphatic hydroxyl groups excluding tert-OH is 1. The second-order valence-electron chi connectivity index (χ2n) is 4.28. The minimum Gasteiger partial charge on any atom is -0.377 e. The molecule has 82 valence electrons. The fourth-order valence-electron chi connectivity index (χ4n) is 2.53. The van der Waals surface area contributed by atoms with Crippen LogP contribution in [0.3, 0.4) is 0 Å². The summed E-state index contributed by atoms with van der Waals surface area (Å²) in [5, 5.41) is 12.8. The Morgan fingerprint density at radius 3 is 2.57 bits per heavy atom. The fourth-order valence-corrected chi connectivity index (χ4v) is 2.53. The summed E-state index contributed by atoms with van der Waals surface area (Å²) in [6, 6.07) is 0.0878. The molecular weight excluding hydrogens is 182 g/mol. The summed E-state index contributed by atoms with van der Waals surface area (Å²) in [4.78, 5) is 6.36. The van der Waals surface area contributed by atoms with Crippen molar-refractivity contribution < 1.29 is 5.11 Å². The lowest BCUT2D eigenvalue weighted by Gasteiger charge is -2.45. The predicted octanol–water partition coefficient (Wildman–Crippen LogP) is -2.39. The minimum atomic E-state index is -0.554. The summed E-state index contributed by atoms with van der Waals surface area (Å²) in [6.07, 6.45) is -0.646. The third kappa shape index (κ3) is 1.35. The summed E-state index contributed by atoms with van der Waals surface area (Å²) in [6.45, 7) is 0.852. The summed E-state index contributed by atoms with van der Waals surface area (Å²) in [5.74, 6) is 0. The molecule has 2 heterocycles. The highest BCUT2D eigenvalue weighted by atomic mass is 16.3. The molecule has 0 aromatic rings. The number of hydrogen-bond donors (Lipinski definition) is 3. The Morgan fingerprint density at radius 2 is 1.93 bits per heavy atom. The number of hydrogen-bond acceptors (Lipinski definition) is 6. The average Bonchev–Trinajstić information content (AvgIpc) is 2.38. The van der Waals surface area contributed by atoms with Crippen LogP contribution in [0.1, 0.15) is 0 Å². The van der Waals surface area contributed by atoms with E-state index in [4.69, 9.17) is 5.73 Å². The number of nitrogens with zero attached hydrogens (tertiary/aromatic N) is 3. The lowest BCUT2D eigenvalue weighted by atomic mass is 10.1. The number of nitrogens with two attached hydrogens (primary N) is 1. The average molecular weight is 201 g/mol. The van der Waals surface area contributed by atoms with E-state index in [0.717, 1.165) is 6.67 Å². The third-order valence-corrected chi connectivity index (χ3v) is 3.23. The summed E-state index contributed by atoms with van der Waals surface area (Å²) < 4.78 is 0. The Kier molecular flexibility index (Phi) is 2.50. The standard InChI is InChI=1S/C8H19N5O/c1-11-4-12(2)7-5(11)6(14)10-8(9)13(7)3/h5-8,10,14H,4,9H2,1-3H3. The fraction of sp³-hybridized carbons (Fsp3) is 1.00. The van der Waals surface area contributed by atoms with Crippen LogP contribution >= 0.6 is 0 Å². The molecule has 0 spiro atoms. The summed E-state index contributed by atoms with van der Waals surface area (Å²) >= 11 is 0. The van der Waals surface area contributed by atoms with Crippen molar-refractivity contribution in [3.05, 3.63) is 0 Å². The molecule has 0 amide bonds. The Balaban J connectivity index is 2.22. The van der Waals surface area contributed by atoms with E-state index in [-0.39, 0.29) is 18.5 Å². The molecule has 2 aliphatic rings. The maximum Gasteiger partial charge on any atom is 0.125 e. The third-order valence-electron chi connectivity index (χ3n) is 3.23. The van der Waals surface area contributed by atoms with Gasteiger partial charge in [-0.3, -0.25) is 20.0 Å². The van der Waals surface area contributed by atoms with Gasteiger partial charge >= 0.3 is 0 Å². The first-order valence-electron chi connectivity index (χ1n) is 4.84. The Labute approximate surface area is 84.2 Å². The Bertz CT molecular complexity index is 226. The monoisotopic (exact) mass is 201 g/mol. The van der Waals surface area contributed by atoms with Gasteiger partial charge in [-0.05, 0) is 21.1 Å². The molecule has 0 aromatic carbocycles. The number of aliphatic hydroxyl groups is 1. The van der Waals surface area contributed by atoms with Crippen LogP contribution in [-0.4, -0.2) is 72.3 Å². The summed E-state index contributed by atoms with van der Waals surface area (Å²) in [5.41, 5.74) is 5.84. The molecule has 0 bridgehead atoms. The number of likely N-dealkylation sites (N-methyl/N-ethyl adjacent to an activating group) is 3. The Morgan fingerprint density at radius 1 is 1.29 bits per heavy atom. The van der Waals surface area contributed by atoms with Gasteiger partial charge in [-0.2, -0.15) is 0 Å². The van der Waals surface area contributed by atoms with Crippen molar-refractivity contribution in [3.63, 3.8) is 0 Å². The van der Waals surface area contributed by atoms with Crippen LogP contribution in [-0.2, 0) is 0 Å². The Hall–Kier alpha value is -0.240. The first-order chi connectivity index (χ1) is 6.52. The van der Waals surface area contributed by atoms with Crippen LogP contribution in [0.25, 0.3) is 0 Å². The van der Waals surface area contributed by atoms with Gasteiger partial charge in [-0.15, -0.1) is 0 Å². The maximum absolute atomic E-state index is 9.87. The number of rotatable bonds is 0. The van der Waals surface area contributed by atoms with Crippen molar-refractivity contribution in [1.29, 1.82) is 0 Å². The molecule has 2 rings (SSSR count). The van der Waals surface area contributed by atoms with E-state index >= 15 is 0 Å². The van der Waals surface area contributed by atoms with Crippen LogP contribution in [0, 0.1) is 0 Å². The van der Waals surface area contributed by atoms with E-state index in [0.29, 0.717) is 0 Å². The highest BCUT2D eigenvalue weighted by Crippen LogP contribution is 2.25. The van der Waals surface area contributed by atoms with Gasteiger partial charge in [-0.1, -0.05) is 0 Å². The molecule has 6 heteroatoms. The van der Waals surface area contributed by atoms with Crippen LogP contribution in [0.15, 0.2) is 0 Å². The van der Waals surface area contributed by atoms with Gasteiger partial charge in [0.05, 0.1) is 18.9 Å². The van der Waals surface area contributed by atoms with Gasteiger partial charge in [0, 0.05) is 0 Å². The van der Waals surface area contributed by atoms with E-state index in [1.54, 1.807) is 0 Å². The molecule has 4 unspecified atom stereocenters. The summed E-state index contributed by atoms with van der Waals surface area (Å²) in [7, 11) is 6.02. The zero-order chi connectivity index (χ0) is 10.5. The normalized spacial score (nSPS) is 46.9. The molecule has 4 N–H and O–H groups in total. The molecule has 0 aromatic heterocycles. The van der Waals surface area contributed by atoms with E-state index in [9.17, 15) is 5.11 Å². The van der Waals surface area contributed by atoms with Crippen LogP contribution in [0.4, 0.5) is 0 Å². The van der Waals surface area contributed by atoms with Gasteiger partial charge in [0.1, 0.15) is 12.5 Å². The predicted molar refractivity (Wildman–Crippen MR) is 52.8 cm³/mol. The topological polar surface area (TPSA) is 68.0 Å². The number of fused-ring (bicyclic) bond motifs is 1. The molecule has 4 atom stereocenters. The van der Waals surface area contributed by atoms with Gasteiger partial charge in [0.2, 0.25) is 0 Å². The van der Waals surface area contributed by atoms with Gasteiger partial charge in [0.25, 0.3) is 0 Å². The zero-order valence-electron chi connectivity index (χ0n) is 8.88. The van der Waals surface area contributed by atoms with Crippen molar-refractivity contribution >= 4 is 0 Å². The number of nitrogens with one attached hydrogen (secondary N) is 1. The highest BCUT2D eigenvalue weighted by Gasteiger charge is 2.47. The smallest absolute Gasteiger partial charge is 0.125 e. The van der Waals surface area contributed by atoms with Gasteiger partial charge in [0.15, 0.2) is 0 Å². The van der Waals surface area contributed by atoms with E-state index in [2.05, 4.69) is 15.1 Å². The molecule has 2 aliphatic heterocycles. The molecule has 2 fully saturated rings. The van der Waals surface area contributed by atoms with Crippen molar-refractivity contribution in [3.8, 4) is 0 Å². The molecule has 0 radical (unpaired) electrons. The highest BCUT2D eigenvalue weighted by molar-refractivity contribution is 4.97. The quantitative estimate of drug-likeness (QED) is 0.406. The van der Waals surface area contributed by atoms with Crippen molar-refractivity contribution in [1.82, 2.24) is 20.0 Å². The van der Waals surface area contributed by atoms with E-state index < -0.39 is 6.23 Å². The molecule has 2 saturated heterocycles. The van der Waals surface area contributed by atoms with E-state index in [1.807, 2.05) is 26.0 Å². The van der Waals surface area contributed by atoms with Gasteiger partial charge < -0.3 is 10.8 Å². The molecule has 0 aliphatic carbocycles. The van der Waals surface area contributed by atoms with Crippen molar-refractivity contribution in [2.45, 2.75) is 24.7 Å². The zero-order valence-corrected chi connectivity index (χ0v) is 8.88. The molecule has 0 saturated carbocycles. The second kappa shape index (κ2) is 3.41. The van der Waals surface area contributed by atoms with Crippen molar-refractivity contribution in [2.75, 3.05) is 27.8 Å². The van der Waals surface area contributed by atoms with E-state index in [1.165, 1.54) is 0 Å². The SMILES string of the molecule is CN1CN(C)C2C1C(O)NC(N)N2C. The first-order valence-corrected chi connectivity index (χ1v) is 4.84. The molecular formula is C8H19N5O. The molecule has 6 nitrogen and oxygen atoms in total. The maximum atomic E-state index is 9.87. The van der Waals surface area contributed by atoms with Crippen LogP contribution < -0.4 is 11.1 Å². The lowest BCUT2D eigenvalue weighted by Crippen LogP contribution is -2.71.